The number of rotatable bonds is 8. The zero-order chi connectivity index (χ0) is 21.5. The van der Waals surface area contributed by atoms with Gasteiger partial charge in [0.1, 0.15) is 10.7 Å². The third kappa shape index (κ3) is 6.26. The van der Waals surface area contributed by atoms with Crippen LogP contribution in [0.25, 0.3) is 0 Å². The van der Waals surface area contributed by atoms with Crippen molar-refractivity contribution in [3.05, 3.63) is 54.2 Å². The number of morpholine rings is 1. The fourth-order valence-corrected chi connectivity index (χ4v) is 5.53. The molecule has 2 heterocycles. The first kappa shape index (κ1) is 22.2. The highest BCUT2D eigenvalue weighted by Gasteiger charge is 2.26. The lowest BCUT2D eigenvalue weighted by molar-refractivity contribution is 0.122. The Balaban J connectivity index is 1.23. The predicted octanol–water partition coefficient (Wildman–Crippen LogP) is 2.34. The van der Waals surface area contributed by atoms with Gasteiger partial charge < -0.3 is 15.0 Å². The van der Waals surface area contributed by atoms with Crippen molar-refractivity contribution >= 4 is 15.8 Å². The standard InChI is InChI=1S/C23H32N4O3S/c28-31(29,22-10-11-23(25-18-22)27-14-16-30-17-15-27)26-21-8-6-20(7-9-21)24-13-12-19-4-2-1-3-5-19/h1-5,10-11,18,20-21,24,26H,6-9,12-17H2. The van der Waals surface area contributed by atoms with E-state index in [9.17, 15) is 8.42 Å². The minimum Gasteiger partial charge on any atom is -0.378 e. The molecule has 31 heavy (non-hydrogen) atoms. The highest BCUT2D eigenvalue weighted by atomic mass is 32.2. The number of ether oxygens (including phenoxy) is 1. The number of nitrogens with zero attached hydrogens (tertiary/aromatic N) is 2. The first-order valence-electron chi connectivity index (χ1n) is 11.2. The second-order valence-corrected chi connectivity index (χ2v) is 10.0. The van der Waals surface area contributed by atoms with Gasteiger partial charge in [-0.15, -0.1) is 0 Å². The Labute approximate surface area is 185 Å². The molecular formula is C23H32N4O3S. The normalized spacial score (nSPS) is 22.4. The predicted molar refractivity (Wildman–Crippen MR) is 122 cm³/mol. The molecule has 0 spiro atoms. The molecule has 1 aromatic heterocycles. The maximum atomic E-state index is 12.8. The van der Waals surface area contributed by atoms with Gasteiger partial charge in [0.05, 0.1) is 13.2 Å². The molecule has 4 rings (SSSR count). The summed E-state index contributed by atoms with van der Waals surface area (Å²) in [7, 11) is -3.55. The quantitative estimate of drug-likeness (QED) is 0.650. The van der Waals surface area contributed by atoms with Crippen molar-refractivity contribution < 1.29 is 13.2 Å². The van der Waals surface area contributed by atoms with Crippen molar-refractivity contribution in [1.82, 2.24) is 15.0 Å². The Kier molecular flexibility index (Phi) is 7.55. The summed E-state index contributed by atoms with van der Waals surface area (Å²) in [6.07, 6.45) is 6.14. The highest BCUT2D eigenvalue weighted by molar-refractivity contribution is 7.89. The SMILES string of the molecule is O=S(=O)(NC1CCC(NCCc2ccccc2)CC1)c1ccc(N2CCOCC2)nc1. The van der Waals surface area contributed by atoms with Crippen LogP contribution in [0.1, 0.15) is 31.2 Å². The molecule has 1 saturated carbocycles. The van der Waals surface area contributed by atoms with Gasteiger partial charge in [0.15, 0.2) is 0 Å². The maximum absolute atomic E-state index is 12.8. The second-order valence-electron chi connectivity index (χ2n) is 8.31. The topological polar surface area (TPSA) is 83.6 Å². The van der Waals surface area contributed by atoms with E-state index in [2.05, 4.69) is 44.2 Å². The lowest BCUT2D eigenvalue weighted by Gasteiger charge is -2.30. The van der Waals surface area contributed by atoms with Crippen molar-refractivity contribution in [3.8, 4) is 0 Å². The van der Waals surface area contributed by atoms with Crippen molar-refractivity contribution in [2.75, 3.05) is 37.7 Å². The zero-order valence-corrected chi connectivity index (χ0v) is 18.7. The Hall–Kier alpha value is -2.00. The Morgan fingerprint density at radius 3 is 2.35 bits per heavy atom. The molecule has 0 bridgehead atoms. The van der Waals surface area contributed by atoms with Gasteiger partial charge >= 0.3 is 0 Å². The Morgan fingerprint density at radius 2 is 1.68 bits per heavy atom. The number of benzene rings is 1. The summed E-state index contributed by atoms with van der Waals surface area (Å²) in [6.45, 7) is 3.85. The molecule has 2 N–H and O–H groups in total. The van der Waals surface area contributed by atoms with Crippen molar-refractivity contribution in [2.45, 2.75) is 49.1 Å². The van der Waals surface area contributed by atoms with Gasteiger partial charge in [0, 0.05) is 31.4 Å². The maximum Gasteiger partial charge on any atom is 0.242 e. The molecule has 2 aliphatic rings. The molecule has 168 valence electrons. The van der Waals surface area contributed by atoms with Crippen LogP contribution in [0.2, 0.25) is 0 Å². The molecule has 2 fully saturated rings. The summed E-state index contributed by atoms with van der Waals surface area (Å²) in [6, 6.07) is 14.3. The highest BCUT2D eigenvalue weighted by Crippen LogP contribution is 2.22. The lowest BCUT2D eigenvalue weighted by atomic mass is 9.92. The van der Waals surface area contributed by atoms with Gasteiger partial charge in [-0.3, -0.25) is 0 Å². The van der Waals surface area contributed by atoms with E-state index in [4.69, 9.17) is 4.74 Å². The first-order chi connectivity index (χ1) is 15.1. The Bertz CT molecular complexity index is 908. The summed E-state index contributed by atoms with van der Waals surface area (Å²) in [5, 5.41) is 3.62. The van der Waals surface area contributed by atoms with E-state index in [1.807, 2.05) is 6.07 Å². The van der Waals surface area contributed by atoms with Gasteiger partial charge in [-0.25, -0.2) is 18.1 Å². The van der Waals surface area contributed by atoms with Gasteiger partial charge in [-0.2, -0.15) is 0 Å². The summed E-state index contributed by atoms with van der Waals surface area (Å²) < 4.78 is 33.8. The number of hydrogen-bond acceptors (Lipinski definition) is 6. The van der Waals surface area contributed by atoms with E-state index in [1.54, 1.807) is 12.1 Å². The molecule has 0 atom stereocenters. The fraction of sp³-hybridized carbons (Fsp3) is 0.522. The molecule has 1 aliphatic carbocycles. The van der Waals surface area contributed by atoms with Crippen LogP contribution in [0.15, 0.2) is 53.6 Å². The van der Waals surface area contributed by atoms with Crippen LogP contribution in [-0.2, 0) is 21.2 Å². The average molecular weight is 445 g/mol. The molecule has 2 aromatic rings. The second kappa shape index (κ2) is 10.5. The van der Waals surface area contributed by atoms with E-state index >= 15 is 0 Å². The van der Waals surface area contributed by atoms with Crippen LogP contribution in [0.3, 0.4) is 0 Å². The summed E-state index contributed by atoms with van der Waals surface area (Å²) >= 11 is 0. The molecule has 0 radical (unpaired) electrons. The Morgan fingerprint density at radius 1 is 0.968 bits per heavy atom. The molecule has 1 saturated heterocycles. The number of nitrogens with one attached hydrogen (secondary N) is 2. The molecule has 0 amide bonds. The smallest absolute Gasteiger partial charge is 0.242 e. The number of aromatic nitrogens is 1. The van der Waals surface area contributed by atoms with E-state index < -0.39 is 10.0 Å². The van der Waals surface area contributed by atoms with Crippen LogP contribution in [-0.4, -0.2) is 58.3 Å². The van der Waals surface area contributed by atoms with Crippen molar-refractivity contribution in [2.24, 2.45) is 0 Å². The van der Waals surface area contributed by atoms with Crippen LogP contribution in [0.5, 0.6) is 0 Å². The summed E-state index contributed by atoms with van der Waals surface area (Å²) in [4.78, 5) is 6.71. The molecule has 1 aliphatic heterocycles. The lowest BCUT2D eigenvalue weighted by Crippen LogP contribution is -2.42. The number of pyridine rings is 1. The van der Waals surface area contributed by atoms with Gasteiger partial charge in [0.2, 0.25) is 10.0 Å². The largest absolute Gasteiger partial charge is 0.378 e. The van der Waals surface area contributed by atoms with Crippen LogP contribution in [0.4, 0.5) is 5.82 Å². The van der Waals surface area contributed by atoms with E-state index in [1.165, 1.54) is 11.8 Å². The first-order valence-corrected chi connectivity index (χ1v) is 12.7. The van der Waals surface area contributed by atoms with Crippen molar-refractivity contribution in [1.29, 1.82) is 0 Å². The summed E-state index contributed by atoms with van der Waals surface area (Å²) in [5.41, 5.74) is 1.34. The minimum atomic E-state index is -3.55. The minimum absolute atomic E-state index is 0.0175. The van der Waals surface area contributed by atoms with Crippen LogP contribution < -0.4 is 14.9 Å². The van der Waals surface area contributed by atoms with E-state index in [0.29, 0.717) is 19.3 Å². The van der Waals surface area contributed by atoms with Gasteiger partial charge in [-0.1, -0.05) is 30.3 Å². The third-order valence-electron chi connectivity index (χ3n) is 6.10. The molecular weight excluding hydrogens is 412 g/mol. The van der Waals surface area contributed by atoms with E-state index in [0.717, 1.165) is 57.6 Å². The third-order valence-corrected chi connectivity index (χ3v) is 7.61. The summed E-state index contributed by atoms with van der Waals surface area (Å²) in [5.74, 6) is 0.796. The fourth-order valence-electron chi connectivity index (χ4n) is 4.28. The molecule has 1 aromatic carbocycles. The van der Waals surface area contributed by atoms with Crippen LogP contribution in [0, 0.1) is 0 Å². The monoisotopic (exact) mass is 444 g/mol. The molecule has 0 unspecified atom stereocenters. The zero-order valence-electron chi connectivity index (χ0n) is 17.9. The van der Waals surface area contributed by atoms with Gasteiger partial charge in [-0.05, 0) is 56.3 Å². The van der Waals surface area contributed by atoms with Crippen molar-refractivity contribution in [3.63, 3.8) is 0 Å². The number of anilines is 1. The molecule has 7 nitrogen and oxygen atoms in total. The number of sulfonamides is 1. The van der Waals surface area contributed by atoms with E-state index in [-0.39, 0.29) is 10.9 Å². The average Bonchev–Trinajstić information content (AvgIpc) is 2.81. The van der Waals surface area contributed by atoms with Gasteiger partial charge in [0.25, 0.3) is 0 Å². The molecule has 8 heteroatoms. The van der Waals surface area contributed by atoms with Crippen LogP contribution >= 0.6 is 0 Å². The number of hydrogen-bond donors (Lipinski definition) is 2.